The van der Waals surface area contributed by atoms with Gasteiger partial charge in [0.15, 0.2) is 34.5 Å². The minimum Gasteiger partial charge on any atom is -0.497 e. The number of benzene rings is 2. The Kier molecular flexibility index (Phi) is 7.59. The van der Waals surface area contributed by atoms with Crippen molar-refractivity contribution >= 4 is 28.9 Å². The highest BCUT2D eigenvalue weighted by atomic mass is 19.1. The summed E-state index contributed by atoms with van der Waals surface area (Å²) in [4.78, 5) is 37.7. The van der Waals surface area contributed by atoms with E-state index in [9.17, 15) is 9.59 Å². The van der Waals surface area contributed by atoms with Gasteiger partial charge in [0.05, 0.1) is 19.0 Å². The number of alkyl halides is 1. The Morgan fingerprint density at radius 2 is 1.88 bits per heavy atom. The van der Waals surface area contributed by atoms with Crippen molar-refractivity contribution in [1.82, 2.24) is 19.5 Å². The summed E-state index contributed by atoms with van der Waals surface area (Å²) in [5, 5.41) is 3.24. The Labute approximate surface area is 235 Å². The molecule has 1 fully saturated rings. The summed E-state index contributed by atoms with van der Waals surface area (Å²) in [6.45, 7) is 3.94. The number of anilines is 1. The summed E-state index contributed by atoms with van der Waals surface area (Å²) in [6, 6.07) is 15.9. The summed E-state index contributed by atoms with van der Waals surface area (Å²) in [5.74, 6) is -0.161. The maximum Gasteiger partial charge on any atom is 0.338 e. The van der Waals surface area contributed by atoms with Gasteiger partial charge in [-0.3, -0.25) is 9.36 Å². The third kappa shape index (κ3) is 5.30. The van der Waals surface area contributed by atoms with Crippen LogP contribution >= 0.6 is 0 Å². The number of nitrogens with one attached hydrogen (secondary N) is 1. The van der Waals surface area contributed by atoms with E-state index in [4.69, 9.17) is 18.9 Å². The molecule has 0 amide bonds. The minimum atomic E-state index is -2.28. The largest absolute Gasteiger partial charge is 0.497 e. The number of imidazole rings is 1. The number of hydrogen-bond donors (Lipinski definition) is 1. The zero-order chi connectivity index (χ0) is 29.2. The number of ether oxygens (including phenoxy) is 4. The highest BCUT2D eigenvalue weighted by Gasteiger charge is 2.66. The Morgan fingerprint density at radius 1 is 1.10 bits per heavy atom. The topological polar surface area (TPSA) is 127 Å². The highest BCUT2D eigenvalue weighted by Crippen LogP contribution is 2.51. The first-order valence-corrected chi connectivity index (χ1v) is 12.9. The van der Waals surface area contributed by atoms with E-state index in [0.717, 1.165) is 11.3 Å². The molecule has 0 unspecified atom stereocenters. The molecule has 41 heavy (non-hydrogen) atoms. The smallest absolute Gasteiger partial charge is 0.338 e. The van der Waals surface area contributed by atoms with Crippen molar-refractivity contribution in [1.29, 1.82) is 0 Å². The zero-order valence-corrected chi connectivity index (χ0v) is 23.0. The van der Waals surface area contributed by atoms with Crippen molar-refractivity contribution < 1.29 is 32.9 Å². The standard InChI is InChI=1S/C29H30FN5O6/c1-18(36)41-29(3)22(15-39-26(37)20-10-6-5-7-11-20)40-27(28(29,2)30)35-17-34-23-24(32-16-33-25(23)35)31-14-19-9-8-12-21(13-19)38-4/h5-13,16-17,22,27H,14-15H2,1-4H3,(H,31,32,33)/t22-,27-,28+,29+/m1/s1. The molecule has 214 valence electrons. The molecule has 2 aromatic heterocycles. The molecule has 12 heteroatoms. The fourth-order valence-electron chi connectivity index (χ4n) is 4.89. The van der Waals surface area contributed by atoms with Gasteiger partial charge in [-0.2, -0.15) is 0 Å². The summed E-state index contributed by atoms with van der Waals surface area (Å²) in [5.41, 5.74) is -2.12. The third-order valence-electron chi connectivity index (χ3n) is 7.28. The Balaban J connectivity index is 1.42. The fraction of sp³-hybridized carbons (Fsp3) is 0.345. The Bertz CT molecular complexity index is 1560. The van der Waals surface area contributed by atoms with Gasteiger partial charge in [0.25, 0.3) is 0 Å². The predicted octanol–water partition coefficient (Wildman–Crippen LogP) is 4.25. The number of aromatic nitrogens is 4. The number of nitrogens with zero attached hydrogens (tertiary/aromatic N) is 4. The van der Waals surface area contributed by atoms with E-state index >= 15 is 4.39 Å². The molecule has 1 aliphatic heterocycles. The van der Waals surface area contributed by atoms with Gasteiger partial charge < -0.3 is 24.3 Å². The highest BCUT2D eigenvalue weighted by molar-refractivity contribution is 5.89. The maximum absolute atomic E-state index is 16.8. The molecule has 0 saturated carbocycles. The van der Waals surface area contributed by atoms with Gasteiger partial charge in [-0.05, 0) is 43.7 Å². The van der Waals surface area contributed by atoms with Gasteiger partial charge in [-0.15, -0.1) is 0 Å². The molecule has 4 aromatic rings. The summed E-state index contributed by atoms with van der Waals surface area (Å²) >= 11 is 0. The van der Waals surface area contributed by atoms with Crippen LogP contribution in [-0.4, -0.2) is 62.5 Å². The average molecular weight is 564 g/mol. The van der Waals surface area contributed by atoms with Crippen LogP contribution in [0.15, 0.2) is 67.3 Å². The van der Waals surface area contributed by atoms with Crippen LogP contribution in [0.2, 0.25) is 0 Å². The van der Waals surface area contributed by atoms with Crippen molar-refractivity contribution in [2.45, 2.75) is 50.9 Å². The van der Waals surface area contributed by atoms with E-state index in [2.05, 4.69) is 20.3 Å². The zero-order valence-electron chi connectivity index (χ0n) is 23.0. The van der Waals surface area contributed by atoms with Gasteiger partial charge in [0, 0.05) is 13.5 Å². The molecule has 0 spiro atoms. The van der Waals surface area contributed by atoms with Crippen LogP contribution in [0.1, 0.15) is 42.9 Å². The molecule has 11 nitrogen and oxygen atoms in total. The van der Waals surface area contributed by atoms with Crippen molar-refractivity contribution in [3.05, 3.63) is 78.4 Å². The Morgan fingerprint density at radius 3 is 2.61 bits per heavy atom. The first kappa shape index (κ1) is 28.0. The van der Waals surface area contributed by atoms with Crippen LogP contribution in [0.3, 0.4) is 0 Å². The monoisotopic (exact) mass is 563 g/mol. The summed E-state index contributed by atoms with van der Waals surface area (Å²) in [6.07, 6.45) is 0.275. The van der Waals surface area contributed by atoms with E-state index in [0.29, 0.717) is 29.1 Å². The van der Waals surface area contributed by atoms with Gasteiger partial charge in [0.1, 0.15) is 24.8 Å². The van der Waals surface area contributed by atoms with Crippen LogP contribution in [0.5, 0.6) is 5.75 Å². The number of methoxy groups -OCH3 is 1. The second-order valence-corrected chi connectivity index (χ2v) is 9.97. The molecule has 1 saturated heterocycles. The number of carbonyl (C=O) groups excluding carboxylic acids is 2. The minimum absolute atomic E-state index is 0.300. The lowest BCUT2D eigenvalue weighted by molar-refractivity contribution is -0.175. The van der Waals surface area contributed by atoms with Crippen LogP contribution in [-0.2, 0) is 25.5 Å². The number of fused-ring (bicyclic) bond motifs is 1. The molecule has 1 aliphatic rings. The molecule has 2 aromatic carbocycles. The number of esters is 2. The SMILES string of the molecule is COc1cccc(CNc2ncnc3c2ncn3[C@@H]2O[C@H](COC(=O)c3ccccc3)[C@](C)(OC(C)=O)[C@@]2(C)F)c1. The first-order chi connectivity index (χ1) is 19.6. The lowest BCUT2D eigenvalue weighted by atomic mass is 9.84. The van der Waals surface area contributed by atoms with E-state index in [1.807, 2.05) is 24.3 Å². The summed E-state index contributed by atoms with van der Waals surface area (Å²) < 4.78 is 40.6. The van der Waals surface area contributed by atoms with Crippen molar-refractivity contribution in [3.63, 3.8) is 0 Å². The van der Waals surface area contributed by atoms with E-state index in [-0.39, 0.29) is 6.61 Å². The second-order valence-electron chi connectivity index (χ2n) is 9.97. The van der Waals surface area contributed by atoms with Gasteiger partial charge >= 0.3 is 11.9 Å². The molecule has 1 N–H and O–H groups in total. The van der Waals surface area contributed by atoms with Gasteiger partial charge in [0.2, 0.25) is 0 Å². The molecule has 5 rings (SSSR count). The van der Waals surface area contributed by atoms with E-state index < -0.39 is 35.5 Å². The van der Waals surface area contributed by atoms with Gasteiger partial charge in [-0.25, -0.2) is 24.1 Å². The normalized spacial score (nSPS) is 23.7. The van der Waals surface area contributed by atoms with E-state index in [1.54, 1.807) is 37.4 Å². The van der Waals surface area contributed by atoms with Crippen molar-refractivity contribution in [3.8, 4) is 5.75 Å². The number of carbonyl (C=O) groups is 2. The van der Waals surface area contributed by atoms with Gasteiger partial charge in [-0.1, -0.05) is 30.3 Å². The molecular formula is C29H30FN5O6. The van der Waals surface area contributed by atoms with E-state index in [1.165, 1.54) is 38.0 Å². The van der Waals surface area contributed by atoms with Crippen LogP contribution in [0.25, 0.3) is 11.2 Å². The number of hydrogen-bond acceptors (Lipinski definition) is 10. The molecule has 0 aliphatic carbocycles. The predicted molar refractivity (Wildman–Crippen MR) is 146 cm³/mol. The maximum atomic E-state index is 16.8. The third-order valence-corrected chi connectivity index (χ3v) is 7.28. The average Bonchev–Trinajstić information content (AvgIpc) is 3.47. The lowest BCUT2D eigenvalue weighted by Gasteiger charge is -2.36. The molecule has 0 bridgehead atoms. The number of halogens is 1. The number of rotatable bonds is 9. The fourth-order valence-corrected chi connectivity index (χ4v) is 4.89. The van der Waals surface area contributed by atoms with Crippen LogP contribution in [0.4, 0.5) is 10.2 Å². The first-order valence-electron chi connectivity index (χ1n) is 12.9. The quantitative estimate of drug-likeness (QED) is 0.295. The molecule has 3 heterocycles. The molecular weight excluding hydrogens is 533 g/mol. The lowest BCUT2D eigenvalue weighted by Crippen LogP contribution is -2.55. The van der Waals surface area contributed by atoms with Crippen molar-refractivity contribution in [2.75, 3.05) is 19.0 Å². The Hall–Kier alpha value is -4.58. The molecule has 4 atom stereocenters. The summed E-state index contributed by atoms with van der Waals surface area (Å²) in [7, 11) is 1.60. The molecule has 0 radical (unpaired) electrons. The second kappa shape index (κ2) is 11.1. The van der Waals surface area contributed by atoms with Crippen LogP contribution < -0.4 is 10.1 Å². The van der Waals surface area contributed by atoms with Crippen LogP contribution in [0, 0.1) is 0 Å². The van der Waals surface area contributed by atoms with Crippen molar-refractivity contribution in [2.24, 2.45) is 0 Å².